The van der Waals surface area contributed by atoms with E-state index < -0.39 is 6.10 Å². The molecule has 1 aliphatic heterocycles. The van der Waals surface area contributed by atoms with E-state index in [1.807, 2.05) is 0 Å². The number of nitrogens with two attached hydrogens (primary N) is 1. The van der Waals surface area contributed by atoms with Gasteiger partial charge in [0.1, 0.15) is 0 Å². The normalized spacial score (nSPS) is 16.1. The minimum absolute atomic E-state index is 0. The lowest BCUT2D eigenvalue weighted by molar-refractivity contribution is -0.122. The van der Waals surface area contributed by atoms with Crippen LogP contribution in [0, 0.1) is 0 Å². The molecule has 1 aromatic carbocycles. The molecule has 0 fully saturated rings. The molecule has 1 atom stereocenters. The quantitative estimate of drug-likeness (QED) is 0.714. The zero-order valence-electron chi connectivity index (χ0n) is 11.8. The van der Waals surface area contributed by atoms with Gasteiger partial charge in [0.2, 0.25) is 0 Å². The lowest BCUT2D eigenvalue weighted by atomic mass is 10.1. The molecule has 0 spiro atoms. The molecule has 1 aromatic rings. The molecule has 4 N–H and O–H groups in total. The van der Waals surface area contributed by atoms with Gasteiger partial charge in [-0.1, -0.05) is 6.07 Å². The van der Waals surface area contributed by atoms with Crippen LogP contribution < -0.4 is 21.1 Å². The Hall–Kier alpha value is -1.79. The van der Waals surface area contributed by atoms with Gasteiger partial charge in [-0.15, -0.1) is 12.4 Å². The standard InChI is InChI=1S/C14H19N3O3.ClH/c1-9-13(18)17-11-6-4-5-10(12(11)20-9)14(19)16-8-3-2-7-15;/h4-6,9H,2-3,7-8,15H2,1H3,(H,16,19)(H,17,18);1H. The third-order valence-electron chi connectivity index (χ3n) is 3.10. The van der Waals surface area contributed by atoms with Crippen LogP contribution in [0.15, 0.2) is 18.2 Å². The number of ether oxygens (including phenoxy) is 1. The van der Waals surface area contributed by atoms with E-state index in [1.165, 1.54) is 0 Å². The first-order valence-electron chi connectivity index (χ1n) is 6.72. The Kier molecular flexibility index (Phi) is 6.45. The highest BCUT2D eigenvalue weighted by Gasteiger charge is 2.27. The Morgan fingerprint density at radius 3 is 2.90 bits per heavy atom. The summed E-state index contributed by atoms with van der Waals surface area (Å²) in [6.45, 7) is 2.83. The second-order valence-electron chi connectivity index (χ2n) is 4.68. The predicted octanol–water partition coefficient (Wildman–Crippen LogP) is 1.30. The second-order valence-corrected chi connectivity index (χ2v) is 4.68. The summed E-state index contributed by atoms with van der Waals surface area (Å²) in [6.07, 6.45) is 1.11. The monoisotopic (exact) mass is 313 g/mol. The van der Waals surface area contributed by atoms with Gasteiger partial charge in [-0.05, 0) is 38.4 Å². The number of benzene rings is 1. The maximum absolute atomic E-state index is 12.1. The number of unbranched alkanes of at least 4 members (excludes halogenated alkanes) is 1. The molecule has 116 valence electrons. The first-order chi connectivity index (χ1) is 9.63. The molecule has 7 heteroatoms. The molecular formula is C14H20ClN3O3. The van der Waals surface area contributed by atoms with E-state index in [9.17, 15) is 9.59 Å². The topological polar surface area (TPSA) is 93.4 Å². The van der Waals surface area contributed by atoms with Gasteiger partial charge in [0, 0.05) is 6.54 Å². The summed E-state index contributed by atoms with van der Waals surface area (Å²) < 4.78 is 5.53. The van der Waals surface area contributed by atoms with E-state index in [0.29, 0.717) is 30.1 Å². The maximum Gasteiger partial charge on any atom is 0.265 e. The summed E-state index contributed by atoms with van der Waals surface area (Å²) in [5.41, 5.74) is 6.37. The molecule has 1 unspecified atom stereocenters. The number of hydrogen-bond donors (Lipinski definition) is 3. The van der Waals surface area contributed by atoms with Crippen molar-refractivity contribution in [1.82, 2.24) is 5.32 Å². The largest absolute Gasteiger partial charge is 0.478 e. The summed E-state index contributed by atoms with van der Waals surface area (Å²) >= 11 is 0. The molecule has 0 aromatic heterocycles. The molecule has 21 heavy (non-hydrogen) atoms. The van der Waals surface area contributed by atoms with Gasteiger partial charge in [0.25, 0.3) is 11.8 Å². The average Bonchev–Trinajstić information content (AvgIpc) is 2.44. The van der Waals surface area contributed by atoms with Crippen LogP contribution in [-0.2, 0) is 4.79 Å². The van der Waals surface area contributed by atoms with Crippen molar-refractivity contribution < 1.29 is 14.3 Å². The number of hydrogen-bond acceptors (Lipinski definition) is 4. The molecule has 1 heterocycles. The third-order valence-corrected chi connectivity index (χ3v) is 3.10. The van der Waals surface area contributed by atoms with Gasteiger partial charge >= 0.3 is 0 Å². The summed E-state index contributed by atoms with van der Waals surface area (Å²) in [6, 6.07) is 5.11. The maximum atomic E-state index is 12.1. The zero-order chi connectivity index (χ0) is 14.5. The molecule has 2 amide bonds. The van der Waals surface area contributed by atoms with Crippen molar-refractivity contribution in [3.8, 4) is 5.75 Å². The lowest BCUT2D eigenvalue weighted by Gasteiger charge is -2.25. The van der Waals surface area contributed by atoms with Crippen LogP contribution in [0.25, 0.3) is 0 Å². The van der Waals surface area contributed by atoms with Crippen molar-refractivity contribution in [2.24, 2.45) is 5.73 Å². The van der Waals surface area contributed by atoms with E-state index >= 15 is 0 Å². The highest BCUT2D eigenvalue weighted by molar-refractivity contribution is 6.03. The number of para-hydroxylation sites is 1. The molecular weight excluding hydrogens is 294 g/mol. The van der Waals surface area contributed by atoms with Crippen molar-refractivity contribution in [3.05, 3.63) is 23.8 Å². The number of nitrogens with one attached hydrogen (secondary N) is 2. The molecule has 0 saturated heterocycles. The van der Waals surface area contributed by atoms with E-state index in [1.54, 1.807) is 25.1 Å². The minimum atomic E-state index is -0.603. The van der Waals surface area contributed by atoms with E-state index in [-0.39, 0.29) is 24.2 Å². The van der Waals surface area contributed by atoms with Gasteiger partial charge in [-0.25, -0.2) is 0 Å². The van der Waals surface area contributed by atoms with Crippen LogP contribution in [0.4, 0.5) is 5.69 Å². The summed E-state index contributed by atoms with van der Waals surface area (Å²) in [5.74, 6) is 0.0103. The molecule has 2 rings (SSSR count). The number of rotatable bonds is 5. The lowest BCUT2D eigenvalue weighted by Crippen LogP contribution is -2.36. The first-order valence-corrected chi connectivity index (χ1v) is 6.72. The fourth-order valence-electron chi connectivity index (χ4n) is 1.97. The summed E-state index contributed by atoms with van der Waals surface area (Å²) in [4.78, 5) is 23.7. The molecule has 6 nitrogen and oxygen atoms in total. The van der Waals surface area contributed by atoms with Crippen LogP contribution in [0.5, 0.6) is 5.75 Å². The number of carbonyl (C=O) groups excluding carboxylic acids is 2. The highest BCUT2D eigenvalue weighted by atomic mass is 35.5. The third kappa shape index (κ3) is 4.09. The number of carbonyl (C=O) groups is 2. The van der Waals surface area contributed by atoms with Crippen LogP contribution >= 0.6 is 12.4 Å². The number of anilines is 1. The molecule has 0 aliphatic carbocycles. The molecule has 0 radical (unpaired) electrons. The fourth-order valence-corrected chi connectivity index (χ4v) is 1.97. The van der Waals surface area contributed by atoms with Crippen LogP contribution in [0.1, 0.15) is 30.1 Å². The van der Waals surface area contributed by atoms with E-state index in [2.05, 4.69) is 10.6 Å². The molecule has 0 saturated carbocycles. The predicted molar refractivity (Wildman–Crippen MR) is 83.0 cm³/mol. The van der Waals surface area contributed by atoms with Crippen LogP contribution in [-0.4, -0.2) is 31.0 Å². The smallest absolute Gasteiger partial charge is 0.265 e. The van der Waals surface area contributed by atoms with Crippen molar-refractivity contribution >= 4 is 29.9 Å². The van der Waals surface area contributed by atoms with E-state index in [0.717, 1.165) is 12.8 Å². The van der Waals surface area contributed by atoms with Crippen molar-refractivity contribution in [2.45, 2.75) is 25.9 Å². The second kappa shape index (κ2) is 7.85. The Labute approximate surface area is 129 Å². The van der Waals surface area contributed by atoms with Gasteiger partial charge in [-0.2, -0.15) is 0 Å². The number of halogens is 1. The highest BCUT2D eigenvalue weighted by Crippen LogP contribution is 2.33. The Bertz CT molecular complexity index is 522. The van der Waals surface area contributed by atoms with E-state index in [4.69, 9.17) is 10.5 Å². The molecule has 1 aliphatic rings. The fraction of sp³-hybridized carbons (Fsp3) is 0.429. The zero-order valence-corrected chi connectivity index (χ0v) is 12.7. The Balaban J connectivity index is 0.00000220. The number of amides is 2. The average molecular weight is 314 g/mol. The SMILES string of the molecule is CC1Oc2c(cccc2C(=O)NCCCCN)NC1=O.Cl. The van der Waals surface area contributed by atoms with Crippen LogP contribution in [0.3, 0.4) is 0 Å². The van der Waals surface area contributed by atoms with Gasteiger partial charge in [0.15, 0.2) is 11.9 Å². The minimum Gasteiger partial charge on any atom is -0.478 e. The van der Waals surface area contributed by atoms with Crippen molar-refractivity contribution in [2.75, 3.05) is 18.4 Å². The first kappa shape index (κ1) is 17.3. The summed E-state index contributed by atoms with van der Waals surface area (Å²) in [7, 11) is 0. The summed E-state index contributed by atoms with van der Waals surface area (Å²) in [5, 5.41) is 5.54. The van der Waals surface area contributed by atoms with Gasteiger partial charge < -0.3 is 21.1 Å². The Morgan fingerprint density at radius 1 is 1.43 bits per heavy atom. The van der Waals surface area contributed by atoms with Gasteiger partial charge in [-0.3, -0.25) is 9.59 Å². The molecule has 0 bridgehead atoms. The van der Waals surface area contributed by atoms with Crippen molar-refractivity contribution in [1.29, 1.82) is 0 Å². The number of fused-ring (bicyclic) bond motifs is 1. The van der Waals surface area contributed by atoms with Gasteiger partial charge in [0.05, 0.1) is 11.3 Å². The van der Waals surface area contributed by atoms with Crippen molar-refractivity contribution in [3.63, 3.8) is 0 Å². The Morgan fingerprint density at radius 2 is 2.19 bits per heavy atom. The van der Waals surface area contributed by atoms with Crippen LogP contribution in [0.2, 0.25) is 0 Å².